The van der Waals surface area contributed by atoms with Crippen molar-refractivity contribution in [3.8, 4) is 17.2 Å². The minimum absolute atomic E-state index is 0.0591. The molecular formula is C26H30N2O4. The molecule has 0 saturated heterocycles. The second-order valence-corrected chi connectivity index (χ2v) is 8.42. The zero-order valence-electron chi connectivity index (χ0n) is 19.3. The Kier molecular flexibility index (Phi) is 7.36. The number of ether oxygens (including phenoxy) is 3. The molecule has 3 rings (SSSR count). The number of anilines is 1. The summed E-state index contributed by atoms with van der Waals surface area (Å²) in [5.41, 5.74) is 2.15. The summed E-state index contributed by atoms with van der Waals surface area (Å²) in [7, 11) is 3.18. The van der Waals surface area contributed by atoms with E-state index in [0.29, 0.717) is 29.6 Å². The van der Waals surface area contributed by atoms with Gasteiger partial charge in [0, 0.05) is 6.20 Å². The number of aromatic nitrogens is 1. The summed E-state index contributed by atoms with van der Waals surface area (Å²) in [5.74, 6) is 2.25. The lowest BCUT2D eigenvalue weighted by molar-refractivity contribution is -0.120. The molecule has 3 aromatic rings. The van der Waals surface area contributed by atoms with Gasteiger partial charge in [0.2, 0.25) is 0 Å². The number of rotatable bonds is 8. The molecule has 0 bridgehead atoms. The Balaban J connectivity index is 1.76. The molecule has 0 N–H and O–H groups in total. The zero-order valence-corrected chi connectivity index (χ0v) is 19.3. The van der Waals surface area contributed by atoms with E-state index in [-0.39, 0.29) is 17.9 Å². The molecule has 0 aliphatic rings. The molecule has 6 nitrogen and oxygen atoms in total. The summed E-state index contributed by atoms with van der Waals surface area (Å²) in [6, 6.07) is 18.9. The van der Waals surface area contributed by atoms with Crippen molar-refractivity contribution in [1.29, 1.82) is 0 Å². The van der Waals surface area contributed by atoms with Crippen LogP contribution in [-0.4, -0.2) is 31.7 Å². The van der Waals surface area contributed by atoms with Crippen LogP contribution in [0.5, 0.6) is 17.2 Å². The Hall–Kier alpha value is -3.54. The highest BCUT2D eigenvalue weighted by molar-refractivity contribution is 5.93. The van der Waals surface area contributed by atoms with Crippen LogP contribution in [0.25, 0.3) is 0 Å². The highest BCUT2D eigenvalue weighted by Gasteiger charge is 2.19. The molecule has 0 fully saturated rings. The molecule has 32 heavy (non-hydrogen) atoms. The first kappa shape index (κ1) is 23.1. The Labute approximate surface area is 189 Å². The van der Waals surface area contributed by atoms with Gasteiger partial charge in [0.15, 0.2) is 18.1 Å². The van der Waals surface area contributed by atoms with Gasteiger partial charge in [-0.15, -0.1) is 0 Å². The summed E-state index contributed by atoms with van der Waals surface area (Å²) >= 11 is 0. The molecule has 168 valence electrons. The molecule has 1 heterocycles. The Bertz CT molecular complexity index is 1030. The van der Waals surface area contributed by atoms with Crippen LogP contribution < -0.4 is 19.1 Å². The largest absolute Gasteiger partial charge is 0.493 e. The van der Waals surface area contributed by atoms with Gasteiger partial charge in [0.05, 0.1) is 20.8 Å². The second-order valence-electron chi connectivity index (χ2n) is 8.42. The van der Waals surface area contributed by atoms with E-state index >= 15 is 0 Å². The lowest BCUT2D eigenvalue weighted by Gasteiger charge is -2.23. The normalized spacial score (nSPS) is 11.0. The minimum atomic E-state index is -0.196. The SMILES string of the molecule is COc1ccc(CN(C(=O)COc2ccc(C(C)(C)C)cc2)c2ccccn2)cc1OC. The van der Waals surface area contributed by atoms with Crippen LogP contribution in [0.3, 0.4) is 0 Å². The molecular weight excluding hydrogens is 404 g/mol. The quantitative estimate of drug-likeness (QED) is 0.499. The smallest absolute Gasteiger partial charge is 0.266 e. The summed E-state index contributed by atoms with van der Waals surface area (Å²) in [5, 5.41) is 0. The molecule has 1 aromatic heterocycles. The summed E-state index contributed by atoms with van der Waals surface area (Å²) < 4.78 is 16.5. The number of benzene rings is 2. The predicted molar refractivity (Wildman–Crippen MR) is 126 cm³/mol. The number of carbonyl (C=O) groups excluding carboxylic acids is 1. The van der Waals surface area contributed by atoms with Gasteiger partial charge in [-0.3, -0.25) is 9.69 Å². The molecule has 0 spiro atoms. The number of nitrogens with zero attached hydrogens (tertiary/aromatic N) is 2. The van der Waals surface area contributed by atoms with E-state index in [1.54, 1.807) is 31.4 Å². The Morgan fingerprint density at radius 2 is 1.66 bits per heavy atom. The van der Waals surface area contributed by atoms with E-state index in [1.807, 2.05) is 54.6 Å². The fourth-order valence-electron chi connectivity index (χ4n) is 3.25. The summed E-state index contributed by atoms with van der Waals surface area (Å²) in [6.45, 7) is 6.70. The number of carbonyl (C=O) groups is 1. The van der Waals surface area contributed by atoms with Crippen molar-refractivity contribution in [2.24, 2.45) is 0 Å². The first-order chi connectivity index (χ1) is 15.3. The highest BCUT2D eigenvalue weighted by atomic mass is 16.5. The number of hydrogen-bond acceptors (Lipinski definition) is 5. The van der Waals surface area contributed by atoms with Gasteiger partial charge in [0.1, 0.15) is 11.6 Å². The molecule has 0 unspecified atom stereocenters. The van der Waals surface area contributed by atoms with Gasteiger partial charge < -0.3 is 14.2 Å². The number of hydrogen-bond donors (Lipinski definition) is 0. The standard InChI is InChI=1S/C26H30N2O4/c1-26(2,3)20-10-12-21(13-11-20)32-18-25(29)28(24-8-6-7-15-27-24)17-19-9-14-22(30-4)23(16-19)31-5/h6-16H,17-18H2,1-5H3. The fourth-order valence-corrected chi connectivity index (χ4v) is 3.25. The number of amides is 1. The van der Waals surface area contributed by atoms with Gasteiger partial charge in [-0.1, -0.05) is 45.0 Å². The molecule has 0 saturated carbocycles. The van der Waals surface area contributed by atoms with Crippen molar-refractivity contribution >= 4 is 11.7 Å². The third-order valence-corrected chi connectivity index (χ3v) is 5.10. The van der Waals surface area contributed by atoms with Crippen LogP contribution >= 0.6 is 0 Å². The van der Waals surface area contributed by atoms with Crippen LogP contribution in [-0.2, 0) is 16.8 Å². The topological polar surface area (TPSA) is 60.9 Å². The average molecular weight is 435 g/mol. The molecule has 6 heteroatoms. The van der Waals surface area contributed by atoms with Gasteiger partial charge >= 0.3 is 0 Å². The van der Waals surface area contributed by atoms with Crippen molar-refractivity contribution < 1.29 is 19.0 Å². The van der Waals surface area contributed by atoms with E-state index in [4.69, 9.17) is 14.2 Å². The first-order valence-electron chi connectivity index (χ1n) is 10.5. The molecule has 2 aromatic carbocycles. The maximum absolute atomic E-state index is 13.1. The monoisotopic (exact) mass is 434 g/mol. The number of methoxy groups -OCH3 is 2. The van der Waals surface area contributed by atoms with Gasteiger partial charge in [-0.05, 0) is 52.9 Å². The molecule has 0 radical (unpaired) electrons. The van der Waals surface area contributed by atoms with E-state index < -0.39 is 0 Å². The van der Waals surface area contributed by atoms with Crippen molar-refractivity contribution in [2.75, 3.05) is 25.7 Å². The van der Waals surface area contributed by atoms with Gasteiger partial charge in [0.25, 0.3) is 5.91 Å². The van der Waals surface area contributed by atoms with Crippen LogP contribution in [0, 0.1) is 0 Å². The van der Waals surface area contributed by atoms with Crippen LogP contribution in [0.15, 0.2) is 66.9 Å². The van der Waals surface area contributed by atoms with Crippen LogP contribution in [0.1, 0.15) is 31.9 Å². The molecule has 0 aliphatic heterocycles. The van der Waals surface area contributed by atoms with Crippen molar-refractivity contribution in [1.82, 2.24) is 4.98 Å². The highest BCUT2D eigenvalue weighted by Crippen LogP contribution is 2.29. The third kappa shape index (κ3) is 5.78. The molecule has 1 amide bonds. The average Bonchev–Trinajstić information content (AvgIpc) is 2.81. The molecule has 0 aliphatic carbocycles. The number of pyridine rings is 1. The fraction of sp³-hybridized carbons (Fsp3) is 0.308. The lowest BCUT2D eigenvalue weighted by Crippen LogP contribution is -2.35. The van der Waals surface area contributed by atoms with Crippen molar-refractivity contribution in [2.45, 2.75) is 32.7 Å². The predicted octanol–water partition coefficient (Wildman–Crippen LogP) is 5.01. The van der Waals surface area contributed by atoms with Crippen molar-refractivity contribution in [3.63, 3.8) is 0 Å². The van der Waals surface area contributed by atoms with E-state index in [0.717, 1.165) is 5.56 Å². The van der Waals surface area contributed by atoms with Crippen molar-refractivity contribution in [3.05, 3.63) is 78.0 Å². The van der Waals surface area contributed by atoms with Gasteiger partial charge in [-0.25, -0.2) is 4.98 Å². The molecule has 0 atom stereocenters. The van der Waals surface area contributed by atoms with E-state index in [9.17, 15) is 4.79 Å². The Morgan fingerprint density at radius 1 is 0.938 bits per heavy atom. The van der Waals surface area contributed by atoms with E-state index in [1.165, 1.54) is 5.56 Å². The first-order valence-corrected chi connectivity index (χ1v) is 10.5. The third-order valence-electron chi connectivity index (χ3n) is 5.10. The second kappa shape index (κ2) is 10.2. The lowest BCUT2D eigenvalue weighted by atomic mass is 9.87. The maximum atomic E-state index is 13.1. The van der Waals surface area contributed by atoms with E-state index in [2.05, 4.69) is 25.8 Å². The summed E-state index contributed by atoms with van der Waals surface area (Å²) in [4.78, 5) is 19.1. The van der Waals surface area contributed by atoms with Crippen LogP contribution in [0.2, 0.25) is 0 Å². The maximum Gasteiger partial charge on any atom is 0.266 e. The van der Waals surface area contributed by atoms with Crippen LogP contribution in [0.4, 0.5) is 5.82 Å². The minimum Gasteiger partial charge on any atom is -0.493 e. The zero-order chi connectivity index (χ0) is 23.1. The van der Waals surface area contributed by atoms with Gasteiger partial charge in [-0.2, -0.15) is 0 Å². The Morgan fingerprint density at radius 3 is 2.25 bits per heavy atom. The summed E-state index contributed by atoms with van der Waals surface area (Å²) in [6.07, 6.45) is 1.66.